The lowest BCUT2D eigenvalue weighted by atomic mass is 10.1. The number of thiophene rings is 1. The second kappa shape index (κ2) is 8.54. The molecule has 1 aromatic carbocycles. The highest BCUT2D eigenvalue weighted by atomic mass is 35.5. The van der Waals surface area contributed by atoms with Gasteiger partial charge in [0.05, 0.1) is 16.6 Å². The first kappa shape index (κ1) is 22.4. The van der Waals surface area contributed by atoms with E-state index in [1.165, 1.54) is 6.07 Å². The molecule has 0 spiro atoms. The zero-order chi connectivity index (χ0) is 25.0. The van der Waals surface area contributed by atoms with Gasteiger partial charge in [-0.25, -0.2) is 9.78 Å². The summed E-state index contributed by atoms with van der Waals surface area (Å²) in [5.74, 6) is 0.271. The molecule has 1 atom stereocenters. The van der Waals surface area contributed by atoms with Crippen molar-refractivity contribution in [1.29, 1.82) is 0 Å². The molecule has 0 aliphatic carbocycles. The van der Waals surface area contributed by atoms with Gasteiger partial charge in [-0.2, -0.15) is 4.68 Å². The van der Waals surface area contributed by atoms with E-state index in [1.807, 2.05) is 37.3 Å². The number of aromatic amines is 1. The lowest BCUT2D eigenvalue weighted by Crippen LogP contribution is -2.23. The Labute approximate surface area is 212 Å². The van der Waals surface area contributed by atoms with E-state index in [9.17, 15) is 14.7 Å². The van der Waals surface area contributed by atoms with Crippen molar-refractivity contribution in [3.63, 3.8) is 0 Å². The molecule has 36 heavy (non-hydrogen) atoms. The Morgan fingerprint density at radius 1 is 1.17 bits per heavy atom. The van der Waals surface area contributed by atoms with Crippen LogP contribution in [0.25, 0.3) is 27.4 Å². The van der Waals surface area contributed by atoms with Gasteiger partial charge in [0.1, 0.15) is 21.5 Å². The molecule has 1 aliphatic heterocycles. The molecule has 5 aromatic rings. The van der Waals surface area contributed by atoms with Crippen LogP contribution in [0.15, 0.2) is 53.3 Å². The minimum atomic E-state index is -0.995. The van der Waals surface area contributed by atoms with E-state index in [4.69, 9.17) is 11.6 Å². The number of carboxylic acids is 1. The van der Waals surface area contributed by atoms with E-state index < -0.39 is 5.97 Å². The number of halogens is 1. The van der Waals surface area contributed by atoms with Crippen molar-refractivity contribution in [2.24, 2.45) is 0 Å². The summed E-state index contributed by atoms with van der Waals surface area (Å²) in [7, 11) is 0. The first-order valence-corrected chi connectivity index (χ1v) is 12.3. The molecule has 2 N–H and O–H groups in total. The smallest absolute Gasteiger partial charge is 0.345 e. The summed E-state index contributed by atoms with van der Waals surface area (Å²) in [5.41, 5.74) is 3.88. The number of nitrogens with one attached hydrogen (secondary N) is 1. The van der Waals surface area contributed by atoms with Gasteiger partial charge < -0.3 is 14.7 Å². The number of hydrogen-bond acceptors (Lipinski definition) is 7. The number of carbonyl (C=O) groups is 1. The Hall–Kier alpha value is -4.09. The van der Waals surface area contributed by atoms with Crippen LogP contribution in [0.2, 0.25) is 5.15 Å². The van der Waals surface area contributed by atoms with Gasteiger partial charge in [-0.3, -0.25) is 4.79 Å². The Kier molecular flexibility index (Phi) is 5.31. The van der Waals surface area contributed by atoms with E-state index in [1.54, 1.807) is 21.4 Å². The van der Waals surface area contributed by atoms with Gasteiger partial charge in [-0.1, -0.05) is 23.7 Å². The van der Waals surface area contributed by atoms with Gasteiger partial charge in [-0.15, -0.1) is 16.4 Å². The van der Waals surface area contributed by atoms with Crippen molar-refractivity contribution in [2.75, 3.05) is 0 Å². The maximum atomic E-state index is 13.2. The number of rotatable bonds is 5. The molecule has 0 bridgehead atoms. The van der Waals surface area contributed by atoms with E-state index in [2.05, 4.69) is 25.5 Å². The van der Waals surface area contributed by atoms with E-state index in [0.717, 1.165) is 33.8 Å². The number of tetrazole rings is 1. The first-order valence-electron chi connectivity index (χ1n) is 11.1. The average molecular weight is 520 g/mol. The van der Waals surface area contributed by atoms with Crippen LogP contribution in [0, 0.1) is 6.92 Å². The van der Waals surface area contributed by atoms with E-state index in [-0.39, 0.29) is 16.5 Å². The summed E-state index contributed by atoms with van der Waals surface area (Å²) in [6.07, 6.45) is 1.41. The maximum Gasteiger partial charge on any atom is 0.345 e. The molecule has 5 heterocycles. The van der Waals surface area contributed by atoms with Crippen LogP contribution < -0.4 is 5.56 Å². The largest absolute Gasteiger partial charge is 0.477 e. The van der Waals surface area contributed by atoms with Crippen LogP contribution in [-0.4, -0.2) is 45.8 Å². The normalized spacial score (nSPS) is 14.8. The minimum Gasteiger partial charge on any atom is -0.477 e. The summed E-state index contributed by atoms with van der Waals surface area (Å²) in [6, 6.07) is 14.3. The third kappa shape index (κ3) is 3.73. The van der Waals surface area contributed by atoms with Gasteiger partial charge in [0, 0.05) is 11.8 Å². The molecule has 1 aliphatic rings. The van der Waals surface area contributed by atoms with Crippen LogP contribution in [-0.2, 0) is 6.42 Å². The molecule has 180 valence electrons. The molecule has 0 saturated carbocycles. The molecule has 10 nitrogen and oxygen atoms in total. The first-order chi connectivity index (χ1) is 17.4. The zero-order valence-electron chi connectivity index (χ0n) is 18.8. The van der Waals surface area contributed by atoms with Crippen LogP contribution in [0.4, 0.5) is 0 Å². The predicted octanol–water partition coefficient (Wildman–Crippen LogP) is 4.14. The van der Waals surface area contributed by atoms with Crippen LogP contribution in [0.1, 0.15) is 39.5 Å². The molecule has 0 amide bonds. The van der Waals surface area contributed by atoms with E-state index in [0.29, 0.717) is 40.2 Å². The number of imidazole rings is 1. The monoisotopic (exact) mass is 519 g/mol. The number of aryl methyl sites for hydroxylation is 2. The minimum absolute atomic E-state index is 0.122. The zero-order valence-corrected chi connectivity index (χ0v) is 20.4. The molecule has 0 saturated heterocycles. The van der Waals surface area contributed by atoms with Crippen LogP contribution in [0.5, 0.6) is 0 Å². The molecule has 0 fully saturated rings. The summed E-state index contributed by atoms with van der Waals surface area (Å²) >= 11 is 7.52. The highest BCUT2D eigenvalue weighted by molar-refractivity contribution is 7.17. The van der Waals surface area contributed by atoms with Crippen molar-refractivity contribution in [3.05, 3.63) is 86.3 Å². The Morgan fingerprint density at radius 3 is 2.67 bits per heavy atom. The van der Waals surface area contributed by atoms with Gasteiger partial charge in [0.2, 0.25) is 0 Å². The molecular formula is C24H18ClN7O3S. The molecule has 1 unspecified atom stereocenters. The maximum absolute atomic E-state index is 13.2. The van der Waals surface area contributed by atoms with Crippen molar-refractivity contribution < 1.29 is 9.90 Å². The van der Waals surface area contributed by atoms with Crippen molar-refractivity contribution in [1.82, 2.24) is 34.7 Å². The third-order valence-electron chi connectivity index (χ3n) is 6.25. The number of aromatic carboxylic acids is 1. The number of benzene rings is 1. The average Bonchev–Trinajstić information content (AvgIpc) is 3.65. The van der Waals surface area contributed by atoms with Gasteiger partial charge in [0.15, 0.2) is 5.82 Å². The number of nitrogens with zero attached hydrogens (tertiary/aromatic N) is 6. The third-order valence-corrected chi connectivity index (χ3v) is 7.60. The number of aromatic nitrogens is 7. The lowest BCUT2D eigenvalue weighted by Gasteiger charge is -2.13. The standard InChI is InChI=1S/C24H18ClN7O3S/c1-12-28-29-30-32(12)15-4-2-13(3-5-15)14-10-16-6-7-17(31(16)20(33)11-14)23-26-21(22(25)27-23)18-8-9-19(36-18)24(34)35/h2-5,8-11,17H,6-7H2,1H3,(H,26,27)(H,34,35). The second-order valence-corrected chi connectivity index (χ2v) is 9.90. The van der Waals surface area contributed by atoms with Crippen LogP contribution in [0.3, 0.4) is 0 Å². The highest BCUT2D eigenvalue weighted by Crippen LogP contribution is 2.36. The number of carboxylic acid groups (broad SMARTS) is 1. The summed E-state index contributed by atoms with van der Waals surface area (Å²) in [6.45, 7) is 1.83. The van der Waals surface area contributed by atoms with Crippen molar-refractivity contribution in [3.8, 4) is 27.4 Å². The van der Waals surface area contributed by atoms with E-state index >= 15 is 0 Å². The highest BCUT2D eigenvalue weighted by Gasteiger charge is 2.29. The van der Waals surface area contributed by atoms with Crippen LogP contribution >= 0.6 is 22.9 Å². The Balaban J connectivity index is 1.31. The fraction of sp³-hybridized carbons (Fsp3) is 0.167. The van der Waals surface area contributed by atoms with Crippen molar-refractivity contribution >= 4 is 28.9 Å². The fourth-order valence-corrected chi connectivity index (χ4v) is 5.69. The number of pyridine rings is 1. The molecule has 12 heteroatoms. The fourth-order valence-electron chi connectivity index (χ4n) is 4.56. The predicted molar refractivity (Wildman–Crippen MR) is 134 cm³/mol. The molecule has 0 radical (unpaired) electrons. The molecule has 6 rings (SSSR count). The van der Waals surface area contributed by atoms with Gasteiger partial charge >= 0.3 is 5.97 Å². The number of H-pyrrole nitrogens is 1. The summed E-state index contributed by atoms with van der Waals surface area (Å²) in [4.78, 5) is 33.1. The number of hydrogen-bond donors (Lipinski definition) is 2. The lowest BCUT2D eigenvalue weighted by molar-refractivity contribution is 0.0702. The van der Waals surface area contributed by atoms with Gasteiger partial charge in [0.25, 0.3) is 5.56 Å². The quantitative estimate of drug-likeness (QED) is 0.356. The Morgan fingerprint density at radius 2 is 1.97 bits per heavy atom. The van der Waals surface area contributed by atoms with Crippen molar-refractivity contribution in [2.45, 2.75) is 25.8 Å². The molecular weight excluding hydrogens is 502 g/mol. The second-order valence-electron chi connectivity index (χ2n) is 8.44. The molecule has 4 aromatic heterocycles. The summed E-state index contributed by atoms with van der Waals surface area (Å²) in [5, 5.41) is 21.1. The Bertz CT molecular complexity index is 1680. The number of fused-ring (bicyclic) bond motifs is 1. The summed E-state index contributed by atoms with van der Waals surface area (Å²) < 4.78 is 3.39. The van der Waals surface area contributed by atoms with Gasteiger partial charge in [-0.05, 0) is 71.7 Å². The topological polar surface area (TPSA) is 132 Å². The SMILES string of the molecule is Cc1nnnn1-c1ccc(-c2cc3n(c(=O)c2)C(c2nc(-c4ccc(C(=O)O)s4)c(Cl)[nH]2)CC3)cc1.